The standard InChI is InChI=1S/C14H13ClFNO2/c1-14(18,10-5-11(16)8-17-7-10)9-3-4-12(15)13(6-9)19-2/h3-8,18H,1-2H3. The second-order valence-corrected chi connectivity index (χ2v) is 4.72. The molecule has 2 aromatic rings. The molecule has 1 unspecified atom stereocenters. The van der Waals surface area contributed by atoms with Crippen molar-refractivity contribution in [1.82, 2.24) is 4.98 Å². The predicted octanol–water partition coefficient (Wildman–Crippen LogP) is 3.14. The van der Waals surface area contributed by atoms with Crippen LogP contribution in [0.5, 0.6) is 5.75 Å². The summed E-state index contributed by atoms with van der Waals surface area (Å²) in [4.78, 5) is 3.74. The molecule has 0 amide bonds. The molecule has 1 aromatic heterocycles. The maximum absolute atomic E-state index is 13.2. The Balaban J connectivity index is 2.49. The van der Waals surface area contributed by atoms with Gasteiger partial charge in [0.15, 0.2) is 0 Å². The number of methoxy groups -OCH3 is 1. The molecule has 2 rings (SSSR count). The topological polar surface area (TPSA) is 42.4 Å². The van der Waals surface area contributed by atoms with E-state index >= 15 is 0 Å². The largest absolute Gasteiger partial charge is 0.495 e. The van der Waals surface area contributed by atoms with Crippen molar-refractivity contribution in [1.29, 1.82) is 0 Å². The molecule has 0 radical (unpaired) electrons. The normalized spacial score (nSPS) is 13.9. The number of rotatable bonds is 3. The molecular formula is C14H13ClFNO2. The van der Waals surface area contributed by atoms with Crippen LogP contribution in [0.2, 0.25) is 5.02 Å². The Bertz CT molecular complexity index is 602. The molecule has 1 aromatic carbocycles. The summed E-state index contributed by atoms with van der Waals surface area (Å²) >= 11 is 5.94. The molecule has 0 bridgehead atoms. The van der Waals surface area contributed by atoms with Gasteiger partial charge < -0.3 is 9.84 Å². The molecule has 1 N–H and O–H groups in total. The summed E-state index contributed by atoms with van der Waals surface area (Å²) < 4.78 is 18.3. The van der Waals surface area contributed by atoms with Crippen LogP contribution < -0.4 is 4.74 Å². The lowest BCUT2D eigenvalue weighted by atomic mass is 9.89. The van der Waals surface area contributed by atoms with Gasteiger partial charge in [0.25, 0.3) is 0 Å². The highest BCUT2D eigenvalue weighted by Crippen LogP contribution is 2.34. The molecular weight excluding hydrogens is 269 g/mol. The predicted molar refractivity (Wildman–Crippen MR) is 70.9 cm³/mol. The van der Waals surface area contributed by atoms with E-state index in [1.54, 1.807) is 25.1 Å². The molecule has 0 saturated carbocycles. The lowest BCUT2D eigenvalue weighted by Crippen LogP contribution is -2.23. The van der Waals surface area contributed by atoms with Crippen molar-refractivity contribution in [3.63, 3.8) is 0 Å². The quantitative estimate of drug-likeness (QED) is 0.940. The minimum Gasteiger partial charge on any atom is -0.495 e. The van der Waals surface area contributed by atoms with Gasteiger partial charge in [0.05, 0.1) is 18.3 Å². The molecule has 5 heteroatoms. The number of nitrogens with zero attached hydrogens (tertiary/aromatic N) is 1. The molecule has 1 atom stereocenters. The van der Waals surface area contributed by atoms with Crippen LogP contribution in [0.4, 0.5) is 4.39 Å². The highest BCUT2D eigenvalue weighted by atomic mass is 35.5. The Morgan fingerprint density at radius 1 is 1.26 bits per heavy atom. The van der Waals surface area contributed by atoms with E-state index in [4.69, 9.17) is 16.3 Å². The molecule has 0 aliphatic heterocycles. The van der Waals surface area contributed by atoms with Gasteiger partial charge in [-0.3, -0.25) is 4.98 Å². The van der Waals surface area contributed by atoms with Crippen LogP contribution in [0.3, 0.4) is 0 Å². The summed E-state index contributed by atoms with van der Waals surface area (Å²) in [5, 5.41) is 11.0. The molecule has 19 heavy (non-hydrogen) atoms. The monoisotopic (exact) mass is 281 g/mol. The second kappa shape index (κ2) is 5.15. The number of benzene rings is 1. The first-order valence-electron chi connectivity index (χ1n) is 5.62. The van der Waals surface area contributed by atoms with Gasteiger partial charge in [0.2, 0.25) is 0 Å². The lowest BCUT2D eigenvalue weighted by Gasteiger charge is -2.24. The summed E-state index contributed by atoms with van der Waals surface area (Å²) in [5.74, 6) is -0.0532. The highest BCUT2D eigenvalue weighted by molar-refractivity contribution is 6.32. The van der Waals surface area contributed by atoms with E-state index in [9.17, 15) is 9.50 Å². The zero-order chi connectivity index (χ0) is 14.0. The number of ether oxygens (including phenoxy) is 1. The van der Waals surface area contributed by atoms with Crippen LogP contribution in [0.25, 0.3) is 0 Å². The lowest BCUT2D eigenvalue weighted by molar-refractivity contribution is 0.101. The molecule has 0 saturated heterocycles. The Hall–Kier alpha value is -1.65. The van der Waals surface area contributed by atoms with Crippen LogP contribution >= 0.6 is 11.6 Å². The van der Waals surface area contributed by atoms with Gasteiger partial charge in [-0.05, 0) is 30.7 Å². The van der Waals surface area contributed by atoms with Gasteiger partial charge >= 0.3 is 0 Å². The van der Waals surface area contributed by atoms with Crippen molar-refractivity contribution in [3.8, 4) is 5.75 Å². The molecule has 3 nitrogen and oxygen atoms in total. The zero-order valence-electron chi connectivity index (χ0n) is 10.5. The van der Waals surface area contributed by atoms with Crippen molar-refractivity contribution in [2.45, 2.75) is 12.5 Å². The summed E-state index contributed by atoms with van der Waals surface area (Å²) in [5.41, 5.74) is -0.481. The third-order valence-corrected chi connectivity index (χ3v) is 3.29. The first-order chi connectivity index (χ1) is 8.95. The van der Waals surface area contributed by atoms with Crippen molar-refractivity contribution in [2.24, 2.45) is 0 Å². The molecule has 0 spiro atoms. The van der Waals surface area contributed by atoms with Crippen LogP contribution in [-0.2, 0) is 5.60 Å². The maximum Gasteiger partial charge on any atom is 0.141 e. The summed E-state index contributed by atoms with van der Waals surface area (Å²) in [6.07, 6.45) is 2.51. The average molecular weight is 282 g/mol. The first kappa shape index (κ1) is 13.8. The number of aromatic nitrogens is 1. The summed E-state index contributed by atoms with van der Waals surface area (Å²) in [6, 6.07) is 6.15. The molecule has 0 aliphatic carbocycles. The second-order valence-electron chi connectivity index (χ2n) is 4.31. The third kappa shape index (κ3) is 2.69. The van der Waals surface area contributed by atoms with Crippen molar-refractivity contribution < 1.29 is 14.2 Å². The Morgan fingerprint density at radius 3 is 2.63 bits per heavy atom. The summed E-state index contributed by atoms with van der Waals surface area (Å²) in [6.45, 7) is 1.56. The number of halogens is 2. The van der Waals surface area contributed by atoms with E-state index in [0.717, 1.165) is 6.20 Å². The molecule has 1 heterocycles. The van der Waals surface area contributed by atoms with Gasteiger partial charge in [-0.2, -0.15) is 0 Å². The number of pyridine rings is 1. The van der Waals surface area contributed by atoms with Gasteiger partial charge in [-0.1, -0.05) is 17.7 Å². The van der Waals surface area contributed by atoms with Crippen molar-refractivity contribution >= 4 is 11.6 Å². The highest BCUT2D eigenvalue weighted by Gasteiger charge is 2.27. The first-order valence-corrected chi connectivity index (χ1v) is 6.00. The van der Waals surface area contributed by atoms with Crippen LogP contribution in [0.15, 0.2) is 36.7 Å². The third-order valence-electron chi connectivity index (χ3n) is 2.98. The average Bonchev–Trinajstić information content (AvgIpc) is 2.39. The fraction of sp³-hybridized carbons (Fsp3) is 0.214. The minimum absolute atomic E-state index is 0.358. The van der Waals surface area contributed by atoms with Crippen LogP contribution in [0.1, 0.15) is 18.1 Å². The number of hydrogen-bond donors (Lipinski definition) is 1. The molecule has 0 aliphatic rings. The fourth-order valence-corrected chi connectivity index (χ4v) is 2.00. The van der Waals surface area contributed by atoms with Crippen molar-refractivity contribution in [3.05, 3.63) is 58.6 Å². The van der Waals surface area contributed by atoms with E-state index in [2.05, 4.69) is 4.98 Å². The number of aliphatic hydroxyl groups is 1. The minimum atomic E-state index is -1.38. The summed E-state index contributed by atoms with van der Waals surface area (Å²) in [7, 11) is 1.49. The van der Waals surface area contributed by atoms with E-state index in [-0.39, 0.29) is 0 Å². The van der Waals surface area contributed by atoms with E-state index in [1.807, 2.05) is 0 Å². The van der Waals surface area contributed by atoms with E-state index in [1.165, 1.54) is 19.4 Å². The van der Waals surface area contributed by atoms with Crippen molar-refractivity contribution in [2.75, 3.05) is 7.11 Å². The van der Waals surface area contributed by atoms with Gasteiger partial charge in [0.1, 0.15) is 17.2 Å². The van der Waals surface area contributed by atoms with Crippen LogP contribution in [-0.4, -0.2) is 17.2 Å². The van der Waals surface area contributed by atoms with Gasteiger partial charge in [-0.15, -0.1) is 0 Å². The van der Waals surface area contributed by atoms with E-state index in [0.29, 0.717) is 21.9 Å². The smallest absolute Gasteiger partial charge is 0.141 e. The van der Waals surface area contributed by atoms with E-state index < -0.39 is 11.4 Å². The Kier molecular flexibility index (Phi) is 3.73. The van der Waals surface area contributed by atoms with Gasteiger partial charge in [0, 0.05) is 11.8 Å². The molecule has 0 fully saturated rings. The Labute approximate surface area is 115 Å². The number of hydrogen-bond acceptors (Lipinski definition) is 3. The molecule has 100 valence electrons. The van der Waals surface area contributed by atoms with Gasteiger partial charge in [-0.25, -0.2) is 4.39 Å². The maximum atomic E-state index is 13.2. The Morgan fingerprint density at radius 2 is 2.00 bits per heavy atom. The SMILES string of the molecule is COc1cc(C(C)(O)c2cncc(F)c2)ccc1Cl. The fourth-order valence-electron chi connectivity index (χ4n) is 1.81. The van der Waals surface area contributed by atoms with Crippen LogP contribution in [0, 0.1) is 5.82 Å². The zero-order valence-corrected chi connectivity index (χ0v) is 11.3.